The van der Waals surface area contributed by atoms with Crippen LogP contribution in [-0.4, -0.2) is 13.1 Å². The van der Waals surface area contributed by atoms with Gasteiger partial charge in [-0.1, -0.05) is 48.5 Å². The van der Waals surface area contributed by atoms with Crippen LogP contribution < -0.4 is 14.8 Å². The second-order valence-corrected chi connectivity index (χ2v) is 6.28. The maximum Gasteiger partial charge on any atom is 0.316 e. The molecule has 0 heterocycles. The lowest BCUT2D eigenvalue weighted by atomic mass is 9.94. The van der Waals surface area contributed by atoms with Gasteiger partial charge in [0.25, 0.3) is 0 Å². The van der Waals surface area contributed by atoms with Crippen molar-refractivity contribution in [3.63, 3.8) is 0 Å². The zero-order valence-electron chi connectivity index (χ0n) is 15.5. The average Bonchev–Trinajstić information content (AvgIpc) is 2.73. The summed E-state index contributed by atoms with van der Waals surface area (Å²) < 4.78 is 10.8. The third-order valence-electron chi connectivity index (χ3n) is 4.40. The van der Waals surface area contributed by atoms with Gasteiger partial charge in [0, 0.05) is 5.69 Å². The van der Waals surface area contributed by atoms with Gasteiger partial charge in [-0.15, -0.1) is 0 Å². The largest absolute Gasteiger partial charge is 0.497 e. The molecule has 27 heavy (non-hydrogen) atoms. The van der Waals surface area contributed by atoms with Crippen molar-refractivity contribution < 1.29 is 14.3 Å². The van der Waals surface area contributed by atoms with Crippen LogP contribution in [0.2, 0.25) is 0 Å². The van der Waals surface area contributed by atoms with Crippen LogP contribution >= 0.6 is 0 Å². The van der Waals surface area contributed by atoms with E-state index in [4.69, 9.17) is 9.47 Å². The number of para-hydroxylation sites is 2. The highest BCUT2D eigenvalue weighted by Crippen LogP contribution is 2.29. The zero-order chi connectivity index (χ0) is 19.1. The number of methoxy groups -OCH3 is 1. The molecule has 0 unspecified atom stereocenters. The van der Waals surface area contributed by atoms with E-state index in [1.807, 2.05) is 79.7 Å². The van der Waals surface area contributed by atoms with E-state index in [-0.39, 0.29) is 12.0 Å². The Morgan fingerprint density at radius 3 is 2.00 bits per heavy atom. The average molecular weight is 361 g/mol. The maximum atomic E-state index is 12.8. The summed E-state index contributed by atoms with van der Waals surface area (Å²) in [5.41, 5.74) is 1.93. The number of rotatable bonds is 7. The van der Waals surface area contributed by atoms with Crippen molar-refractivity contribution in [2.75, 3.05) is 12.4 Å². The Bertz CT molecular complexity index is 848. The number of hydrogen-bond donors (Lipinski definition) is 1. The lowest BCUT2D eigenvalue weighted by molar-refractivity contribution is -0.138. The molecule has 3 rings (SSSR count). The van der Waals surface area contributed by atoms with Gasteiger partial charge in [-0.3, -0.25) is 4.79 Å². The van der Waals surface area contributed by atoms with Crippen LogP contribution in [0.5, 0.6) is 11.5 Å². The van der Waals surface area contributed by atoms with E-state index >= 15 is 0 Å². The van der Waals surface area contributed by atoms with E-state index in [1.54, 1.807) is 19.2 Å². The number of carbonyl (C=O) groups excluding carboxylic acids is 1. The molecule has 0 radical (unpaired) electrons. The summed E-state index contributed by atoms with van der Waals surface area (Å²) in [5.74, 6) is 0.628. The molecule has 4 heteroatoms. The molecule has 0 amide bonds. The molecule has 1 N–H and O–H groups in total. The standard InChI is InChI=1S/C23H23NO3/c1-17(23(25)27-21-11-7-4-8-12-21)22(24-19-9-5-3-6-10-19)18-13-15-20(26-2)16-14-18/h3-17,22,24H,1-2H3/t17-,22-/m1/s1. The second kappa shape index (κ2) is 8.90. The summed E-state index contributed by atoms with van der Waals surface area (Å²) in [6, 6.07) is 26.4. The molecule has 0 fully saturated rings. The molecule has 0 saturated heterocycles. The predicted octanol–water partition coefficient (Wildman–Crippen LogP) is 5.09. The molecule has 3 aromatic rings. The highest BCUT2D eigenvalue weighted by atomic mass is 16.5. The fourth-order valence-electron chi connectivity index (χ4n) is 2.86. The Morgan fingerprint density at radius 2 is 1.41 bits per heavy atom. The summed E-state index contributed by atoms with van der Waals surface area (Å²) in [6.45, 7) is 1.87. The van der Waals surface area contributed by atoms with E-state index in [9.17, 15) is 4.79 Å². The molecule has 0 spiro atoms. The van der Waals surface area contributed by atoms with E-state index in [1.165, 1.54) is 0 Å². The molecule has 0 aromatic heterocycles. The van der Waals surface area contributed by atoms with Crippen LogP contribution in [0.4, 0.5) is 5.69 Å². The minimum Gasteiger partial charge on any atom is -0.497 e. The van der Waals surface area contributed by atoms with Crippen LogP contribution in [-0.2, 0) is 4.79 Å². The quantitative estimate of drug-likeness (QED) is 0.470. The number of ether oxygens (including phenoxy) is 2. The van der Waals surface area contributed by atoms with Gasteiger partial charge in [0.15, 0.2) is 0 Å². The summed E-state index contributed by atoms with van der Waals surface area (Å²) in [6.07, 6.45) is 0. The molecule has 0 aliphatic heterocycles. The molecule has 0 saturated carbocycles. The van der Waals surface area contributed by atoms with Gasteiger partial charge in [0.05, 0.1) is 19.1 Å². The fourth-order valence-corrected chi connectivity index (χ4v) is 2.86. The number of anilines is 1. The van der Waals surface area contributed by atoms with Crippen molar-refractivity contribution >= 4 is 11.7 Å². The van der Waals surface area contributed by atoms with Crippen LogP contribution in [0, 0.1) is 5.92 Å². The van der Waals surface area contributed by atoms with Crippen molar-refractivity contribution in [2.45, 2.75) is 13.0 Å². The molecular weight excluding hydrogens is 338 g/mol. The molecule has 0 bridgehead atoms. The summed E-state index contributed by atoms with van der Waals surface area (Å²) in [5, 5.41) is 3.46. The topological polar surface area (TPSA) is 47.6 Å². The SMILES string of the molecule is COc1ccc([C@H](Nc2ccccc2)[C@@H](C)C(=O)Oc2ccccc2)cc1. The van der Waals surface area contributed by atoms with Crippen molar-refractivity contribution in [3.8, 4) is 11.5 Å². The minimum atomic E-state index is -0.404. The van der Waals surface area contributed by atoms with E-state index in [2.05, 4.69) is 5.32 Å². The lowest BCUT2D eigenvalue weighted by Crippen LogP contribution is -2.28. The first-order valence-corrected chi connectivity index (χ1v) is 8.89. The molecule has 2 atom stereocenters. The van der Waals surface area contributed by atoms with E-state index in [0.717, 1.165) is 17.0 Å². The van der Waals surface area contributed by atoms with Crippen LogP contribution in [0.3, 0.4) is 0 Å². The normalized spacial score (nSPS) is 12.7. The Kier molecular flexibility index (Phi) is 6.10. The van der Waals surface area contributed by atoms with Crippen molar-refractivity contribution in [2.24, 2.45) is 5.92 Å². The first kappa shape index (κ1) is 18.5. The molecule has 0 aliphatic rings. The minimum absolute atomic E-state index is 0.241. The number of carbonyl (C=O) groups is 1. The third-order valence-corrected chi connectivity index (χ3v) is 4.40. The number of hydrogen-bond acceptors (Lipinski definition) is 4. The maximum absolute atomic E-state index is 12.8. The molecule has 138 valence electrons. The molecule has 4 nitrogen and oxygen atoms in total. The summed E-state index contributed by atoms with van der Waals surface area (Å²) in [7, 11) is 1.63. The van der Waals surface area contributed by atoms with Crippen LogP contribution in [0.1, 0.15) is 18.5 Å². The first-order valence-electron chi connectivity index (χ1n) is 8.89. The molecule has 3 aromatic carbocycles. The monoisotopic (exact) mass is 361 g/mol. The third kappa shape index (κ3) is 4.88. The lowest BCUT2D eigenvalue weighted by Gasteiger charge is -2.25. The summed E-state index contributed by atoms with van der Waals surface area (Å²) in [4.78, 5) is 12.8. The Hall–Kier alpha value is -3.27. The van der Waals surface area contributed by atoms with E-state index < -0.39 is 5.92 Å². The Balaban J connectivity index is 1.84. The van der Waals surface area contributed by atoms with E-state index in [0.29, 0.717) is 5.75 Å². The van der Waals surface area contributed by atoms with Gasteiger partial charge in [0.1, 0.15) is 11.5 Å². The van der Waals surface area contributed by atoms with Gasteiger partial charge in [0.2, 0.25) is 0 Å². The van der Waals surface area contributed by atoms with Crippen molar-refractivity contribution in [1.29, 1.82) is 0 Å². The van der Waals surface area contributed by atoms with Gasteiger partial charge < -0.3 is 14.8 Å². The fraction of sp³-hybridized carbons (Fsp3) is 0.174. The van der Waals surface area contributed by atoms with Crippen molar-refractivity contribution in [1.82, 2.24) is 0 Å². The van der Waals surface area contributed by atoms with Crippen molar-refractivity contribution in [3.05, 3.63) is 90.5 Å². The smallest absolute Gasteiger partial charge is 0.316 e. The first-order chi connectivity index (χ1) is 13.2. The van der Waals surface area contributed by atoms with Gasteiger partial charge >= 0.3 is 5.97 Å². The summed E-state index contributed by atoms with van der Waals surface area (Å²) >= 11 is 0. The number of nitrogens with one attached hydrogen (secondary N) is 1. The van der Waals surface area contributed by atoms with Gasteiger partial charge in [-0.25, -0.2) is 0 Å². The molecular formula is C23H23NO3. The Labute approximate surface area is 159 Å². The molecule has 0 aliphatic carbocycles. The number of esters is 1. The van der Waals surface area contributed by atoms with Crippen LogP contribution in [0.15, 0.2) is 84.9 Å². The predicted molar refractivity (Wildman–Crippen MR) is 107 cm³/mol. The van der Waals surface area contributed by atoms with Gasteiger partial charge in [-0.05, 0) is 48.9 Å². The number of benzene rings is 3. The Morgan fingerprint density at radius 1 is 0.815 bits per heavy atom. The highest BCUT2D eigenvalue weighted by Gasteiger charge is 2.27. The zero-order valence-corrected chi connectivity index (χ0v) is 15.5. The van der Waals surface area contributed by atoms with Crippen LogP contribution in [0.25, 0.3) is 0 Å². The second-order valence-electron chi connectivity index (χ2n) is 6.28. The van der Waals surface area contributed by atoms with Gasteiger partial charge in [-0.2, -0.15) is 0 Å². The highest BCUT2D eigenvalue weighted by molar-refractivity contribution is 5.76.